The van der Waals surface area contributed by atoms with Crippen LogP contribution in [0.25, 0.3) is 11.3 Å². The molecule has 6 heteroatoms. The van der Waals surface area contributed by atoms with Crippen molar-refractivity contribution in [3.63, 3.8) is 0 Å². The van der Waals surface area contributed by atoms with Crippen LogP contribution in [0.4, 0.5) is 5.69 Å². The summed E-state index contributed by atoms with van der Waals surface area (Å²) in [6.07, 6.45) is 1.74. The standard InChI is InChI=1S/C12H10BrN3O2/c1-16-12(8(13)5-14-16)7-2-3-10-9(4-7)15-11(17)6-18-10/h2-5H,6H2,1H3,(H,15,17). The van der Waals surface area contributed by atoms with Crippen LogP contribution in [0, 0.1) is 0 Å². The van der Waals surface area contributed by atoms with Gasteiger partial charge in [-0.2, -0.15) is 5.10 Å². The third kappa shape index (κ3) is 1.78. The summed E-state index contributed by atoms with van der Waals surface area (Å²) in [6.45, 7) is 0.0712. The second-order valence-electron chi connectivity index (χ2n) is 4.01. The van der Waals surface area contributed by atoms with Gasteiger partial charge in [-0.25, -0.2) is 0 Å². The van der Waals surface area contributed by atoms with Gasteiger partial charge < -0.3 is 10.1 Å². The van der Waals surface area contributed by atoms with Gasteiger partial charge in [0, 0.05) is 12.6 Å². The summed E-state index contributed by atoms with van der Waals surface area (Å²) >= 11 is 3.46. The number of halogens is 1. The molecule has 18 heavy (non-hydrogen) atoms. The number of rotatable bonds is 1. The molecule has 0 bridgehead atoms. The van der Waals surface area contributed by atoms with Gasteiger partial charge in [0.25, 0.3) is 5.91 Å². The molecule has 5 nitrogen and oxygen atoms in total. The Morgan fingerprint density at radius 2 is 2.33 bits per heavy atom. The number of ether oxygens (including phenoxy) is 1. The van der Waals surface area contributed by atoms with Crippen molar-refractivity contribution in [2.45, 2.75) is 0 Å². The number of nitrogens with zero attached hydrogens (tertiary/aromatic N) is 2. The first kappa shape index (κ1) is 11.3. The minimum atomic E-state index is -0.135. The van der Waals surface area contributed by atoms with Crippen molar-refractivity contribution in [2.75, 3.05) is 11.9 Å². The molecule has 0 aliphatic carbocycles. The van der Waals surface area contributed by atoms with Crippen LogP contribution < -0.4 is 10.1 Å². The molecule has 1 amide bonds. The maximum atomic E-state index is 11.3. The number of carbonyl (C=O) groups is 1. The predicted molar refractivity (Wildman–Crippen MR) is 70.5 cm³/mol. The first-order chi connectivity index (χ1) is 8.65. The Bertz CT molecular complexity index is 617. The highest BCUT2D eigenvalue weighted by Crippen LogP contribution is 2.35. The molecule has 1 aliphatic heterocycles. The average Bonchev–Trinajstić information content (AvgIpc) is 2.68. The monoisotopic (exact) mass is 307 g/mol. The quantitative estimate of drug-likeness (QED) is 0.878. The van der Waals surface area contributed by atoms with E-state index in [-0.39, 0.29) is 12.5 Å². The number of hydrogen-bond donors (Lipinski definition) is 1. The zero-order valence-electron chi connectivity index (χ0n) is 9.61. The van der Waals surface area contributed by atoms with Gasteiger partial charge in [0.05, 0.1) is 22.1 Å². The van der Waals surface area contributed by atoms with Gasteiger partial charge in [-0.05, 0) is 34.1 Å². The van der Waals surface area contributed by atoms with Crippen LogP contribution in [-0.2, 0) is 11.8 Å². The van der Waals surface area contributed by atoms with Gasteiger partial charge in [0.2, 0.25) is 0 Å². The van der Waals surface area contributed by atoms with Gasteiger partial charge in [-0.1, -0.05) is 0 Å². The lowest BCUT2D eigenvalue weighted by Gasteiger charge is -2.18. The molecule has 0 saturated carbocycles. The number of amides is 1. The minimum Gasteiger partial charge on any atom is -0.482 e. The highest BCUT2D eigenvalue weighted by molar-refractivity contribution is 9.10. The van der Waals surface area contributed by atoms with Crippen LogP contribution in [0.2, 0.25) is 0 Å². The zero-order valence-corrected chi connectivity index (χ0v) is 11.2. The summed E-state index contributed by atoms with van der Waals surface area (Å²) in [5, 5.41) is 6.96. The third-order valence-corrected chi connectivity index (χ3v) is 3.36. The van der Waals surface area contributed by atoms with Crippen molar-refractivity contribution in [3.8, 4) is 17.0 Å². The van der Waals surface area contributed by atoms with Crippen LogP contribution in [-0.4, -0.2) is 22.3 Å². The lowest BCUT2D eigenvalue weighted by atomic mass is 10.1. The maximum absolute atomic E-state index is 11.3. The Hall–Kier alpha value is -1.82. The Labute approximate surface area is 112 Å². The number of carbonyl (C=O) groups excluding carboxylic acids is 1. The van der Waals surface area contributed by atoms with E-state index in [0.29, 0.717) is 11.4 Å². The molecular formula is C12H10BrN3O2. The first-order valence-corrected chi connectivity index (χ1v) is 6.19. The molecule has 0 fully saturated rings. The number of nitrogens with one attached hydrogen (secondary N) is 1. The van der Waals surface area contributed by atoms with E-state index < -0.39 is 0 Å². The van der Waals surface area contributed by atoms with E-state index in [1.165, 1.54) is 0 Å². The largest absolute Gasteiger partial charge is 0.482 e. The normalized spacial score (nSPS) is 13.8. The molecule has 1 N–H and O–H groups in total. The SMILES string of the molecule is Cn1ncc(Br)c1-c1ccc2c(c1)NC(=O)CO2. The first-order valence-electron chi connectivity index (χ1n) is 5.40. The summed E-state index contributed by atoms with van der Waals surface area (Å²) in [6, 6.07) is 5.68. The second kappa shape index (κ2) is 4.13. The van der Waals surface area contributed by atoms with Crippen molar-refractivity contribution in [3.05, 3.63) is 28.9 Å². The van der Waals surface area contributed by atoms with Crippen LogP contribution in [0.5, 0.6) is 5.75 Å². The maximum Gasteiger partial charge on any atom is 0.262 e. The predicted octanol–water partition coefficient (Wildman–Crippen LogP) is 2.18. The van der Waals surface area contributed by atoms with E-state index in [1.54, 1.807) is 10.9 Å². The van der Waals surface area contributed by atoms with Crippen LogP contribution in [0.3, 0.4) is 0 Å². The van der Waals surface area contributed by atoms with E-state index >= 15 is 0 Å². The minimum absolute atomic E-state index is 0.0712. The molecule has 2 heterocycles. The summed E-state index contributed by atoms with van der Waals surface area (Å²) in [4.78, 5) is 11.3. The summed E-state index contributed by atoms with van der Waals surface area (Å²) < 4.78 is 8.01. The van der Waals surface area contributed by atoms with Crippen LogP contribution in [0.15, 0.2) is 28.9 Å². The van der Waals surface area contributed by atoms with Crippen molar-refractivity contribution in [1.82, 2.24) is 9.78 Å². The van der Waals surface area contributed by atoms with Crippen molar-refractivity contribution in [1.29, 1.82) is 0 Å². The van der Waals surface area contributed by atoms with Gasteiger partial charge in [-0.3, -0.25) is 9.48 Å². The summed E-state index contributed by atoms with van der Waals surface area (Å²) in [5.74, 6) is 0.556. The van der Waals surface area contributed by atoms with E-state index in [2.05, 4.69) is 26.3 Å². The Morgan fingerprint density at radius 3 is 3.06 bits per heavy atom. The van der Waals surface area contributed by atoms with E-state index in [9.17, 15) is 4.79 Å². The fourth-order valence-electron chi connectivity index (χ4n) is 1.97. The molecule has 1 aromatic heterocycles. The second-order valence-corrected chi connectivity index (χ2v) is 4.87. The van der Waals surface area contributed by atoms with Crippen LogP contribution in [0.1, 0.15) is 0 Å². The van der Waals surface area contributed by atoms with Gasteiger partial charge in [0.15, 0.2) is 6.61 Å². The lowest BCUT2D eigenvalue weighted by Crippen LogP contribution is -2.25. The number of hydrogen-bond acceptors (Lipinski definition) is 3. The zero-order chi connectivity index (χ0) is 12.7. The highest BCUT2D eigenvalue weighted by Gasteiger charge is 2.18. The Kier molecular flexibility index (Phi) is 2.59. The molecule has 0 saturated heterocycles. The van der Waals surface area contributed by atoms with Crippen molar-refractivity contribution < 1.29 is 9.53 Å². The number of aromatic nitrogens is 2. The summed E-state index contributed by atoms with van der Waals surface area (Å²) in [5.41, 5.74) is 2.61. The molecule has 0 unspecified atom stereocenters. The Balaban J connectivity index is 2.10. The fraction of sp³-hybridized carbons (Fsp3) is 0.167. The number of benzene rings is 1. The average molecular weight is 308 g/mol. The van der Waals surface area contributed by atoms with Gasteiger partial charge in [-0.15, -0.1) is 0 Å². The van der Waals surface area contributed by atoms with Gasteiger partial charge >= 0.3 is 0 Å². The van der Waals surface area contributed by atoms with E-state index in [0.717, 1.165) is 15.7 Å². The molecule has 1 aliphatic rings. The molecular weight excluding hydrogens is 298 g/mol. The highest BCUT2D eigenvalue weighted by atomic mass is 79.9. The molecule has 0 radical (unpaired) electrons. The molecule has 92 valence electrons. The van der Waals surface area contributed by atoms with Crippen molar-refractivity contribution >= 4 is 27.5 Å². The topological polar surface area (TPSA) is 56.2 Å². The Morgan fingerprint density at radius 1 is 1.50 bits per heavy atom. The number of fused-ring (bicyclic) bond motifs is 1. The molecule has 1 aromatic carbocycles. The summed E-state index contributed by atoms with van der Waals surface area (Å²) in [7, 11) is 1.87. The molecule has 3 rings (SSSR count). The lowest BCUT2D eigenvalue weighted by molar-refractivity contribution is -0.118. The smallest absolute Gasteiger partial charge is 0.262 e. The van der Waals surface area contributed by atoms with E-state index in [1.807, 2.05) is 25.2 Å². The fourth-order valence-corrected chi connectivity index (χ4v) is 2.54. The molecule has 0 spiro atoms. The van der Waals surface area contributed by atoms with Crippen LogP contribution >= 0.6 is 15.9 Å². The molecule has 2 aromatic rings. The number of anilines is 1. The number of aryl methyl sites for hydroxylation is 1. The van der Waals surface area contributed by atoms with Crippen molar-refractivity contribution in [2.24, 2.45) is 7.05 Å². The van der Waals surface area contributed by atoms with Gasteiger partial charge in [0.1, 0.15) is 5.75 Å². The van der Waals surface area contributed by atoms with E-state index in [4.69, 9.17) is 4.74 Å². The third-order valence-electron chi connectivity index (χ3n) is 2.78. The molecule has 0 atom stereocenters.